The number of thiazole rings is 2. The first-order valence-corrected chi connectivity index (χ1v) is 14.9. The fourth-order valence-electron chi connectivity index (χ4n) is 4.49. The number of urea groups is 1. The molecule has 0 bridgehead atoms. The maximum atomic E-state index is 14.8. The second-order valence-corrected chi connectivity index (χ2v) is 11.4. The zero-order valence-corrected chi connectivity index (χ0v) is 24.3. The number of carbonyl (C=O) groups is 2. The molecule has 0 saturated carbocycles. The van der Waals surface area contributed by atoms with Crippen molar-refractivity contribution in [1.29, 1.82) is 0 Å². The van der Waals surface area contributed by atoms with Gasteiger partial charge in [-0.3, -0.25) is 10.1 Å². The van der Waals surface area contributed by atoms with E-state index in [2.05, 4.69) is 30.8 Å². The Morgan fingerprint density at radius 3 is 2.69 bits per heavy atom. The van der Waals surface area contributed by atoms with Crippen molar-refractivity contribution >= 4 is 51.2 Å². The van der Waals surface area contributed by atoms with Crippen LogP contribution in [-0.2, 0) is 0 Å². The molecule has 3 amide bonds. The van der Waals surface area contributed by atoms with Gasteiger partial charge in [0.05, 0.1) is 18.5 Å². The van der Waals surface area contributed by atoms with Crippen molar-refractivity contribution in [3.05, 3.63) is 59.0 Å². The Balaban J connectivity index is 1.25. The number of carbonyl (C=O) groups excluding carboxylic acids is 2. The Kier molecular flexibility index (Phi) is 9.25. The highest BCUT2D eigenvalue weighted by Gasteiger charge is 2.20. The average molecular weight is 614 g/mol. The van der Waals surface area contributed by atoms with Crippen molar-refractivity contribution in [2.75, 3.05) is 49.7 Å². The lowest BCUT2D eigenvalue weighted by atomic mass is 10.1. The van der Waals surface area contributed by atoms with E-state index in [4.69, 9.17) is 10.5 Å². The van der Waals surface area contributed by atoms with Gasteiger partial charge in [0, 0.05) is 29.1 Å². The summed E-state index contributed by atoms with van der Waals surface area (Å²) in [5.41, 5.74) is 6.36. The molecular weight excluding hydrogens is 584 g/mol. The van der Waals surface area contributed by atoms with Crippen molar-refractivity contribution in [3.8, 4) is 26.9 Å². The molecule has 0 spiro atoms. The molecule has 14 heteroatoms. The molecular formula is C28H29F2N7O3S2. The van der Waals surface area contributed by atoms with Gasteiger partial charge in [0.25, 0.3) is 5.91 Å². The number of amides is 3. The monoisotopic (exact) mass is 613 g/mol. The van der Waals surface area contributed by atoms with E-state index in [1.165, 1.54) is 43.4 Å². The van der Waals surface area contributed by atoms with Crippen molar-refractivity contribution in [1.82, 2.24) is 20.2 Å². The number of nitrogens with one attached hydrogen (secondary N) is 3. The lowest BCUT2D eigenvalue weighted by Crippen LogP contribution is -2.31. The lowest BCUT2D eigenvalue weighted by Gasteiger charge is -2.14. The number of methoxy groups -OCH3 is 1. The second-order valence-electron chi connectivity index (χ2n) is 9.55. The lowest BCUT2D eigenvalue weighted by molar-refractivity contribution is 0.102. The Morgan fingerprint density at radius 1 is 1.10 bits per heavy atom. The minimum Gasteiger partial charge on any atom is -0.497 e. The number of nitrogens with two attached hydrogens (primary N) is 1. The molecule has 1 fully saturated rings. The number of nitrogen functional groups attached to an aromatic ring is 1. The summed E-state index contributed by atoms with van der Waals surface area (Å²) in [6, 6.07) is 7.87. The van der Waals surface area contributed by atoms with Crippen LogP contribution >= 0.6 is 22.7 Å². The van der Waals surface area contributed by atoms with E-state index in [1.807, 2.05) is 0 Å². The fourth-order valence-corrected chi connectivity index (χ4v) is 6.29. The number of aromatic nitrogens is 2. The molecule has 4 aromatic rings. The van der Waals surface area contributed by atoms with Crippen molar-refractivity contribution in [2.24, 2.45) is 0 Å². The zero-order valence-electron chi connectivity index (χ0n) is 22.7. The summed E-state index contributed by atoms with van der Waals surface area (Å²) in [6.07, 6.45) is 3.31. The van der Waals surface area contributed by atoms with Gasteiger partial charge in [-0.2, -0.15) is 0 Å². The van der Waals surface area contributed by atoms with E-state index in [1.54, 1.807) is 23.6 Å². The first kappa shape index (κ1) is 29.4. The first-order valence-electron chi connectivity index (χ1n) is 13.2. The Bertz CT molecular complexity index is 1590. The molecule has 0 aliphatic carbocycles. The molecule has 1 aliphatic heterocycles. The molecule has 0 unspecified atom stereocenters. The van der Waals surface area contributed by atoms with E-state index in [0.29, 0.717) is 33.4 Å². The standard InChI is InChI=1S/C28H29F2N7O3S2/c1-40-17-7-4-6-16(12-17)25(38)33-21-13-18(19(29)14-20(21)30)22-15-41-26(34-22)23-24(31)35-28(42-23)36-27(39)32-8-5-11-37-9-2-3-10-37/h4,6-7,12-15H,2-3,5,8-11,31H2,1H3,(H,33,38)(H2,32,35,36,39). The molecule has 0 radical (unpaired) electrons. The zero-order chi connectivity index (χ0) is 29.6. The number of hydrogen-bond donors (Lipinski definition) is 4. The number of benzene rings is 2. The molecule has 0 atom stereocenters. The Morgan fingerprint density at radius 2 is 1.90 bits per heavy atom. The van der Waals surface area contributed by atoms with Crippen LogP contribution in [0.4, 0.5) is 30.2 Å². The Hall–Kier alpha value is -4.14. The van der Waals surface area contributed by atoms with Gasteiger partial charge in [0.15, 0.2) is 5.13 Å². The number of anilines is 3. The maximum absolute atomic E-state index is 14.8. The van der Waals surface area contributed by atoms with Crippen LogP contribution in [0, 0.1) is 11.6 Å². The molecule has 1 saturated heterocycles. The van der Waals surface area contributed by atoms with Crippen LogP contribution in [0.1, 0.15) is 29.6 Å². The largest absolute Gasteiger partial charge is 0.497 e. The van der Waals surface area contributed by atoms with Gasteiger partial charge in [0.2, 0.25) is 0 Å². The maximum Gasteiger partial charge on any atom is 0.321 e. The predicted molar refractivity (Wildman–Crippen MR) is 161 cm³/mol. The molecule has 2 aromatic carbocycles. The fraction of sp³-hybridized carbons (Fsp3) is 0.286. The smallest absolute Gasteiger partial charge is 0.321 e. The molecule has 2 aromatic heterocycles. The summed E-state index contributed by atoms with van der Waals surface area (Å²) in [5, 5.41) is 10.3. The van der Waals surface area contributed by atoms with Gasteiger partial charge in [-0.05, 0) is 63.2 Å². The van der Waals surface area contributed by atoms with E-state index in [0.717, 1.165) is 37.4 Å². The minimum absolute atomic E-state index is 0.00501. The van der Waals surface area contributed by atoms with Crippen LogP contribution in [0.15, 0.2) is 41.8 Å². The predicted octanol–water partition coefficient (Wildman–Crippen LogP) is 5.66. The number of hydrogen-bond acceptors (Lipinski definition) is 9. The van der Waals surface area contributed by atoms with Crippen LogP contribution in [0.25, 0.3) is 21.1 Å². The first-order chi connectivity index (χ1) is 20.3. The molecule has 220 valence electrons. The van der Waals surface area contributed by atoms with Gasteiger partial charge in [-0.15, -0.1) is 11.3 Å². The van der Waals surface area contributed by atoms with E-state index in [-0.39, 0.29) is 34.4 Å². The van der Waals surface area contributed by atoms with Gasteiger partial charge in [-0.25, -0.2) is 23.5 Å². The van der Waals surface area contributed by atoms with Crippen LogP contribution in [0.3, 0.4) is 0 Å². The van der Waals surface area contributed by atoms with Crippen LogP contribution in [0.5, 0.6) is 5.75 Å². The summed E-state index contributed by atoms with van der Waals surface area (Å²) in [6.45, 7) is 3.71. The van der Waals surface area contributed by atoms with Crippen LogP contribution in [0.2, 0.25) is 0 Å². The highest BCUT2D eigenvalue weighted by molar-refractivity contribution is 7.23. The van der Waals surface area contributed by atoms with E-state index < -0.39 is 17.5 Å². The Labute approximate surface area is 248 Å². The third-order valence-corrected chi connectivity index (χ3v) is 8.60. The second kappa shape index (κ2) is 13.2. The van der Waals surface area contributed by atoms with Gasteiger partial charge < -0.3 is 26.0 Å². The summed E-state index contributed by atoms with van der Waals surface area (Å²) in [4.78, 5) is 36.6. The topological polar surface area (TPSA) is 134 Å². The molecule has 10 nitrogen and oxygen atoms in total. The van der Waals surface area contributed by atoms with Crippen molar-refractivity contribution in [2.45, 2.75) is 19.3 Å². The highest BCUT2D eigenvalue weighted by Crippen LogP contribution is 2.39. The average Bonchev–Trinajstić information content (AvgIpc) is 3.74. The summed E-state index contributed by atoms with van der Waals surface area (Å²) in [7, 11) is 1.47. The summed E-state index contributed by atoms with van der Waals surface area (Å²) < 4.78 is 34.6. The van der Waals surface area contributed by atoms with Crippen LogP contribution in [-0.4, -0.2) is 60.1 Å². The van der Waals surface area contributed by atoms with E-state index >= 15 is 0 Å². The molecule has 5 rings (SSSR count). The molecule has 1 aliphatic rings. The third kappa shape index (κ3) is 7.01. The van der Waals surface area contributed by atoms with Crippen molar-refractivity contribution in [3.63, 3.8) is 0 Å². The van der Waals surface area contributed by atoms with Gasteiger partial charge >= 0.3 is 6.03 Å². The number of likely N-dealkylation sites (tertiary alicyclic amines) is 1. The van der Waals surface area contributed by atoms with Crippen LogP contribution < -0.4 is 26.4 Å². The van der Waals surface area contributed by atoms with E-state index in [9.17, 15) is 18.4 Å². The number of halogens is 2. The molecule has 42 heavy (non-hydrogen) atoms. The minimum atomic E-state index is -0.931. The van der Waals surface area contributed by atoms with Gasteiger partial charge in [-0.1, -0.05) is 17.4 Å². The third-order valence-electron chi connectivity index (χ3n) is 6.62. The summed E-state index contributed by atoms with van der Waals surface area (Å²) >= 11 is 2.33. The SMILES string of the molecule is COc1cccc(C(=O)Nc2cc(-c3csc(-c4sc(NC(=O)NCCCN5CCCC5)nc4N)n3)c(F)cc2F)c1. The normalized spacial score (nSPS) is 13.2. The van der Waals surface area contributed by atoms with Gasteiger partial charge in [0.1, 0.15) is 33.1 Å². The molecule has 3 heterocycles. The van der Waals surface area contributed by atoms with Crippen molar-refractivity contribution < 1.29 is 23.1 Å². The number of rotatable bonds is 10. The number of nitrogens with zero attached hydrogens (tertiary/aromatic N) is 3. The molecule has 5 N–H and O–H groups in total. The highest BCUT2D eigenvalue weighted by atomic mass is 32.1. The number of ether oxygens (including phenoxy) is 1. The summed E-state index contributed by atoms with van der Waals surface area (Å²) in [5.74, 6) is -1.73. The quantitative estimate of drug-likeness (QED) is 0.170.